The molecule has 1 atom stereocenters. The lowest BCUT2D eigenvalue weighted by Gasteiger charge is -2.17. The molecule has 1 saturated heterocycles. The molecule has 0 saturated carbocycles. The number of sulfone groups is 1. The van der Waals surface area contributed by atoms with E-state index in [4.69, 9.17) is 0 Å². The number of hydrogen-bond donors (Lipinski definition) is 2. The van der Waals surface area contributed by atoms with Gasteiger partial charge in [0.05, 0.1) is 17.2 Å². The van der Waals surface area contributed by atoms with Gasteiger partial charge in [0, 0.05) is 19.1 Å². The number of rotatable bonds is 6. The molecule has 1 unspecified atom stereocenters. The molecule has 2 aliphatic heterocycles. The van der Waals surface area contributed by atoms with E-state index in [0.717, 1.165) is 25.0 Å². The molecule has 2 amide bonds. The SMILES string of the molecule is CC(C)CCNC(=O)c1nc(C(=O)NC2CCS(=O)(=O)C2)c2n1CCCC2. The van der Waals surface area contributed by atoms with Gasteiger partial charge >= 0.3 is 0 Å². The van der Waals surface area contributed by atoms with Crippen LogP contribution >= 0.6 is 0 Å². The van der Waals surface area contributed by atoms with E-state index >= 15 is 0 Å². The Labute approximate surface area is 160 Å². The number of fused-ring (bicyclic) bond motifs is 1. The van der Waals surface area contributed by atoms with Crippen molar-refractivity contribution in [3.05, 3.63) is 17.2 Å². The van der Waals surface area contributed by atoms with Crippen LogP contribution in [-0.2, 0) is 22.8 Å². The van der Waals surface area contributed by atoms with Crippen molar-refractivity contribution in [2.75, 3.05) is 18.1 Å². The minimum Gasteiger partial charge on any atom is -0.349 e. The molecule has 0 bridgehead atoms. The molecule has 8 nitrogen and oxygen atoms in total. The van der Waals surface area contributed by atoms with Gasteiger partial charge in [0.25, 0.3) is 11.8 Å². The largest absolute Gasteiger partial charge is 0.349 e. The maximum atomic E-state index is 12.7. The summed E-state index contributed by atoms with van der Waals surface area (Å²) in [5, 5.41) is 5.67. The molecule has 2 aliphatic rings. The zero-order valence-electron chi connectivity index (χ0n) is 16.0. The number of carbonyl (C=O) groups excluding carboxylic acids is 2. The lowest BCUT2D eigenvalue weighted by atomic mass is 10.1. The molecule has 1 aromatic heterocycles. The Morgan fingerprint density at radius 3 is 2.70 bits per heavy atom. The number of carbonyl (C=O) groups is 2. The van der Waals surface area contributed by atoms with Gasteiger partial charge in [0.15, 0.2) is 15.7 Å². The predicted molar refractivity (Wildman–Crippen MR) is 101 cm³/mol. The fourth-order valence-corrected chi connectivity index (χ4v) is 5.29. The van der Waals surface area contributed by atoms with Crippen LogP contribution in [0, 0.1) is 5.92 Å². The second-order valence-corrected chi connectivity index (χ2v) is 10.1. The first-order valence-corrected chi connectivity index (χ1v) is 11.5. The van der Waals surface area contributed by atoms with E-state index in [1.54, 1.807) is 0 Å². The second kappa shape index (κ2) is 8.00. The molecule has 1 fully saturated rings. The monoisotopic (exact) mass is 396 g/mol. The van der Waals surface area contributed by atoms with Gasteiger partial charge in [-0.05, 0) is 38.0 Å². The summed E-state index contributed by atoms with van der Waals surface area (Å²) in [6.45, 7) is 5.42. The highest BCUT2D eigenvalue weighted by Crippen LogP contribution is 2.22. The number of nitrogens with one attached hydrogen (secondary N) is 2. The molecule has 27 heavy (non-hydrogen) atoms. The highest BCUT2D eigenvalue weighted by atomic mass is 32.2. The van der Waals surface area contributed by atoms with Crippen molar-refractivity contribution in [1.82, 2.24) is 20.2 Å². The first-order valence-electron chi connectivity index (χ1n) is 9.65. The highest BCUT2D eigenvalue weighted by molar-refractivity contribution is 7.91. The molecule has 2 N–H and O–H groups in total. The number of amides is 2. The van der Waals surface area contributed by atoms with Gasteiger partial charge in [-0.1, -0.05) is 13.8 Å². The molecule has 0 aromatic carbocycles. The molecule has 0 aliphatic carbocycles. The molecule has 9 heteroatoms. The van der Waals surface area contributed by atoms with Crippen molar-refractivity contribution in [3.8, 4) is 0 Å². The number of nitrogens with zero attached hydrogens (tertiary/aromatic N) is 2. The smallest absolute Gasteiger partial charge is 0.287 e. The van der Waals surface area contributed by atoms with E-state index in [0.29, 0.717) is 31.8 Å². The van der Waals surface area contributed by atoms with Gasteiger partial charge in [-0.2, -0.15) is 0 Å². The van der Waals surface area contributed by atoms with Crippen molar-refractivity contribution < 1.29 is 18.0 Å². The summed E-state index contributed by atoms with van der Waals surface area (Å²) in [5.74, 6) is 0.187. The topological polar surface area (TPSA) is 110 Å². The Kier molecular flexibility index (Phi) is 5.88. The van der Waals surface area contributed by atoms with Crippen LogP contribution in [0.1, 0.15) is 66.3 Å². The summed E-state index contributed by atoms with van der Waals surface area (Å²) in [7, 11) is -3.07. The number of imidazole rings is 1. The Morgan fingerprint density at radius 1 is 1.26 bits per heavy atom. The van der Waals surface area contributed by atoms with Gasteiger partial charge in [-0.3, -0.25) is 9.59 Å². The zero-order chi connectivity index (χ0) is 19.6. The average Bonchev–Trinajstić information content (AvgIpc) is 3.14. The van der Waals surface area contributed by atoms with Gasteiger partial charge in [-0.25, -0.2) is 13.4 Å². The third kappa shape index (κ3) is 4.69. The summed E-state index contributed by atoms with van der Waals surface area (Å²) < 4.78 is 25.1. The molecular formula is C18H28N4O4S. The summed E-state index contributed by atoms with van der Waals surface area (Å²) in [6, 6.07) is -0.383. The zero-order valence-corrected chi connectivity index (χ0v) is 16.8. The van der Waals surface area contributed by atoms with Crippen LogP contribution in [0.4, 0.5) is 0 Å². The van der Waals surface area contributed by atoms with Crippen LogP contribution in [0.5, 0.6) is 0 Å². The van der Waals surface area contributed by atoms with Crippen molar-refractivity contribution >= 4 is 21.7 Å². The molecule has 3 heterocycles. The molecule has 1 aromatic rings. The minimum atomic E-state index is -3.07. The van der Waals surface area contributed by atoms with Gasteiger partial charge in [0.1, 0.15) is 5.69 Å². The van der Waals surface area contributed by atoms with Gasteiger partial charge in [0.2, 0.25) is 0 Å². The van der Waals surface area contributed by atoms with Crippen LogP contribution in [0.3, 0.4) is 0 Å². The third-order valence-electron chi connectivity index (χ3n) is 5.11. The van der Waals surface area contributed by atoms with E-state index in [1.165, 1.54) is 0 Å². The van der Waals surface area contributed by atoms with Crippen LogP contribution < -0.4 is 10.6 Å². The third-order valence-corrected chi connectivity index (χ3v) is 6.88. The first kappa shape index (κ1) is 19.9. The second-order valence-electron chi connectivity index (χ2n) is 7.85. The lowest BCUT2D eigenvalue weighted by Crippen LogP contribution is -2.36. The van der Waals surface area contributed by atoms with Crippen LogP contribution in [0.15, 0.2) is 0 Å². The summed E-state index contributed by atoms with van der Waals surface area (Å²) in [5.41, 5.74) is 1.03. The fraction of sp³-hybridized carbons (Fsp3) is 0.722. The number of hydrogen-bond acceptors (Lipinski definition) is 5. The standard InChI is InChI=1S/C18H28N4O4S/c1-12(2)6-8-19-18(24)16-21-15(14-5-3-4-9-22(14)16)17(23)20-13-7-10-27(25,26)11-13/h12-13H,3-11H2,1-2H3,(H,19,24)(H,20,23). The number of aromatic nitrogens is 2. The molecular weight excluding hydrogens is 368 g/mol. The molecule has 3 rings (SSSR count). The van der Waals surface area contributed by atoms with Crippen molar-refractivity contribution in [3.63, 3.8) is 0 Å². The van der Waals surface area contributed by atoms with E-state index in [2.05, 4.69) is 29.5 Å². The highest BCUT2D eigenvalue weighted by Gasteiger charge is 2.32. The maximum Gasteiger partial charge on any atom is 0.287 e. The van der Waals surface area contributed by atoms with E-state index < -0.39 is 9.84 Å². The first-order chi connectivity index (χ1) is 12.8. The predicted octanol–water partition coefficient (Wildman–Crippen LogP) is 0.912. The van der Waals surface area contributed by atoms with Gasteiger partial charge in [-0.15, -0.1) is 0 Å². The van der Waals surface area contributed by atoms with Crippen LogP contribution in [-0.4, -0.2) is 53.9 Å². The Bertz CT molecular complexity index is 829. The van der Waals surface area contributed by atoms with Crippen LogP contribution in [0.2, 0.25) is 0 Å². The summed E-state index contributed by atoms with van der Waals surface area (Å²) in [6.07, 6.45) is 3.88. The quantitative estimate of drug-likeness (QED) is 0.743. The van der Waals surface area contributed by atoms with Gasteiger partial charge < -0.3 is 15.2 Å². The van der Waals surface area contributed by atoms with Crippen molar-refractivity contribution in [1.29, 1.82) is 0 Å². The lowest BCUT2D eigenvalue weighted by molar-refractivity contribution is 0.0934. The van der Waals surface area contributed by atoms with E-state index in [-0.39, 0.29) is 40.9 Å². The van der Waals surface area contributed by atoms with Crippen molar-refractivity contribution in [2.24, 2.45) is 5.92 Å². The maximum absolute atomic E-state index is 12.7. The summed E-state index contributed by atoms with van der Waals surface area (Å²) >= 11 is 0. The molecule has 0 spiro atoms. The summed E-state index contributed by atoms with van der Waals surface area (Å²) in [4.78, 5) is 29.6. The van der Waals surface area contributed by atoms with Crippen LogP contribution in [0.25, 0.3) is 0 Å². The Balaban J connectivity index is 1.76. The molecule has 0 radical (unpaired) electrons. The fourth-order valence-electron chi connectivity index (χ4n) is 3.61. The van der Waals surface area contributed by atoms with Crippen molar-refractivity contribution in [2.45, 2.75) is 58.5 Å². The van der Waals surface area contributed by atoms with E-state index in [1.807, 2.05) is 4.57 Å². The molecule has 150 valence electrons. The van der Waals surface area contributed by atoms with E-state index in [9.17, 15) is 18.0 Å². The Morgan fingerprint density at radius 2 is 2.04 bits per heavy atom. The minimum absolute atomic E-state index is 0.0304. The Hall–Kier alpha value is -1.90. The normalized spacial score (nSPS) is 21.1. The average molecular weight is 397 g/mol.